The van der Waals surface area contributed by atoms with Crippen LogP contribution < -0.4 is 5.32 Å². The van der Waals surface area contributed by atoms with Crippen molar-refractivity contribution in [2.24, 2.45) is 0 Å². The third-order valence-corrected chi connectivity index (χ3v) is 4.73. The van der Waals surface area contributed by atoms with E-state index >= 15 is 0 Å². The molecule has 6 heteroatoms. The molecule has 2 aromatic rings. The maximum atomic E-state index is 6.15. The SMILES string of the molecule is Clc1ccc(CNc2c(Cl)cc(Br)cc2Cl)cc1Br. The summed E-state index contributed by atoms with van der Waals surface area (Å²) in [4.78, 5) is 0. The highest BCUT2D eigenvalue weighted by Crippen LogP contribution is 2.34. The maximum Gasteiger partial charge on any atom is 0.0722 e. The first-order chi connectivity index (χ1) is 8.97. The molecule has 0 amide bonds. The Hall–Kier alpha value is 0.0700. The number of hydrogen-bond donors (Lipinski definition) is 1. The lowest BCUT2D eigenvalue weighted by molar-refractivity contribution is 1.15. The highest BCUT2D eigenvalue weighted by atomic mass is 79.9. The van der Waals surface area contributed by atoms with E-state index in [1.165, 1.54) is 0 Å². The minimum absolute atomic E-state index is 0.576. The van der Waals surface area contributed by atoms with Crippen molar-refractivity contribution in [3.63, 3.8) is 0 Å². The Balaban J connectivity index is 2.16. The molecule has 0 fully saturated rings. The summed E-state index contributed by atoms with van der Waals surface area (Å²) in [6.07, 6.45) is 0. The van der Waals surface area contributed by atoms with E-state index in [4.69, 9.17) is 34.8 Å². The van der Waals surface area contributed by atoms with Gasteiger partial charge >= 0.3 is 0 Å². The fourth-order valence-electron chi connectivity index (χ4n) is 1.55. The highest BCUT2D eigenvalue weighted by Gasteiger charge is 2.07. The highest BCUT2D eigenvalue weighted by molar-refractivity contribution is 9.10. The number of halogens is 5. The van der Waals surface area contributed by atoms with E-state index in [-0.39, 0.29) is 0 Å². The van der Waals surface area contributed by atoms with Crippen molar-refractivity contribution >= 4 is 72.4 Å². The van der Waals surface area contributed by atoms with Gasteiger partial charge in [0.25, 0.3) is 0 Å². The molecule has 0 saturated carbocycles. The van der Waals surface area contributed by atoms with E-state index in [0.717, 1.165) is 20.2 Å². The maximum absolute atomic E-state index is 6.15. The van der Waals surface area contributed by atoms with Crippen molar-refractivity contribution in [1.82, 2.24) is 0 Å². The van der Waals surface area contributed by atoms with E-state index in [9.17, 15) is 0 Å². The molecule has 0 aromatic heterocycles. The summed E-state index contributed by atoms with van der Waals surface area (Å²) in [5.41, 5.74) is 1.80. The van der Waals surface area contributed by atoms with Crippen LogP contribution in [0.5, 0.6) is 0 Å². The van der Waals surface area contributed by atoms with Crippen LogP contribution in [0.25, 0.3) is 0 Å². The summed E-state index contributed by atoms with van der Waals surface area (Å²) in [5.74, 6) is 0. The average Bonchev–Trinajstić information content (AvgIpc) is 2.32. The van der Waals surface area contributed by atoms with Gasteiger partial charge in [-0.15, -0.1) is 0 Å². The van der Waals surface area contributed by atoms with Crippen molar-refractivity contribution in [1.29, 1.82) is 0 Å². The lowest BCUT2D eigenvalue weighted by Crippen LogP contribution is -2.00. The standard InChI is InChI=1S/C13H8Br2Cl3N/c14-8-4-11(17)13(12(18)5-8)19-6-7-1-2-10(16)9(15)3-7/h1-5,19H,6H2. The quantitative estimate of drug-likeness (QED) is 0.550. The van der Waals surface area contributed by atoms with Crippen LogP contribution >= 0.6 is 66.7 Å². The van der Waals surface area contributed by atoms with Gasteiger partial charge in [0.1, 0.15) is 0 Å². The second-order valence-corrected chi connectivity index (χ2v) is 6.84. The summed E-state index contributed by atoms with van der Waals surface area (Å²) in [6, 6.07) is 9.34. The molecule has 0 aliphatic rings. The summed E-state index contributed by atoms with van der Waals surface area (Å²) < 4.78 is 1.71. The van der Waals surface area contributed by atoms with Gasteiger partial charge < -0.3 is 5.32 Å². The molecule has 1 nitrogen and oxygen atoms in total. The van der Waals surface area contributed by atoms with Gasteiger partial charge in [0.2, 0.25) is 0 Å². The van der Waals surface area contributed by atoms with Crippen LogP contribution in [-0.2, 0) is 6.54 Å². The predicted octanol–water partition coefficient (Wildman–Crippen LogP) is 6.78. The Morgan fingerprint density at radius 1 is 0.895 bits per heavy atom. The minimum Gasteiger partial charge on any atom is -0.379 e. The number of rotatable bonds is 3. The Bertz CT molecular complexity index is 594. The zero-order valence-electron chi connectivity index (χ0n) is 9.48. The van der Waals surface area contributed by atoms with Crippen molar-refractivity contribution in [2.45, 2.75) is 6.54 Å². The minimum atomic E-state index is 0.576. The third-order valence-electron chi connectivity index (χ3n) is 2.46. The molecule has 0 saturated heterocycles. The van der Waals surface area contributed by atoms with Gasteiger partial charge in [0.15, 0.2) is 0 Å². The molecule has 0 radical (unpaired) electrons. The van der Waals surface area contributed by atoms with Crippen LogP contribution in [-0.4, -0.2) is 0 Å². The zero-order valence-corrected chi connectivity index (χ0v) is 14.9. The summed E-state index contributed by atoms with van der Waals surface area (Å²) >= 11 is 25.0. The Morgan fingerprint density at radius 3 is 2.11 bits per heavy atom. The first-order valence-electron chi connectivity index (χ1n) is 5.29. The van der Waals surface area contributed by atoms with E-state index < -0.39 is 0 Å². The number of nitrogens with one attached hydrogen (secondary N) is 1. The number of benzene rings is 2. The molecular weight excluding hydrogens is 436 g/mol. The van der Waals surface area contributed by atoms with Crippen molar-refractivity contribution in [3.8, 4) is 0 Å². The third kappa shape index (κ3) is 4.02. The number of anilines is 1. The molecular formula is C13H8Br2Cl3N. The first kappa shape index (κ1) is 15.5. The van der Waals surface area contributed by atoms with Crippen LogP contribution in [0.1, 0.15) is 5.56 Å². The van der Waals surface area contributed by atoms with Gasteiger partial charge in [-0.1, -0.05) is 56.8 Å². The Morgan fingerprint density at radius 2 is 1.53 bits per heavy atom. The topological polar surface area (TPSA) is 12.0 Å². The molecule has 0 aliphatic heterocycles. The Kier molecular flexibility index (Phi) is 5.44. The molecule has 1 N–H and O–H groups in total. The molecule has 100 valence electrons. The fraction of sp³-hybridized carbons (Fsp3) is 0.0769. The fourth-order valence-corrected chi connectivity index (χ4v) is 3.44. The van der Waals surface area contributed by atoms with Gasteiger partial charge in [0, 0.05) is 15.5 Å². The molecule has 19 heavy (non-hydrogen) atoms. The van der Waals surface area contributed by atoms with Gasteiger partial charge in [0.05, 0.1) is 20.8 Å². The second-order valence-electron chi connectivity index (χ2n) is 3.85. The molecule has 0 spiro atoms. The summed E-state index contributed by atoms with van der Waals surface area (Å²) in [5, 5.41) is 5.06. The van der Waals surface area contributed by atoms with Crippen LogP contribution in [0.3, 0.4) is 0 Å². The smallest absolute Gasteiger partial charge is 0.0722 e. The van der Waals surface area contributed by atoms with E-state index in [1.807, 2.05) is 18.2 Å². The van der Waals surface area contributed by atoms with Gasteiger partial charge in [-0.25, -0.2) is 0 Å². The Labute approximate surface area is 143 Å². The van der Waals surface area contributed by atoms with Crippen LogP contribution in [0.15, 0.2) is 39.3 Å². The lowest BCUT2D eigenvalue weighted by atomic mass is 10.2. The molecule has 0 unspecified atom stereocenters. The van der Waals surface area contributed by atoms with Gasteiger partial charge in [-0.3, -0.25) is 0 Å². The molecule has 0 bridgehead atoms. The normalized spacial score (nSPS) is 10.6. The summed E-state index contributed by atoms with van der Waals surface area (Å²) in [6.45, 7) is 0.608. The van der Waals surface area contributed by atoms with Crippen molar-refractivity contribution in [2.75, 3.05) is 5.32 Å². The molecule has 2 aromatic carbocycles. The van der Waals surface area contributed by atoms with Crippen molar-refractivity contribution in [3.05, 3.63) is 59.9 Å². The van der Waals surface area contributed by atoms with E-state index in [0.29, 0.717) is 21.6 Å². The zero-order chi connectivity index (χ0) is 14.0. The van der Waals surface area contributed by atoms with Crippen LogP contribution in [0, 0.1) is 0 Å². The largest absolute Gasteiger partial charge is 0.379 e. The van der Waals surface area contributed by atoms with Crippen LogP contribution in [0.2, 0.25) is 15.1 Å². The average molecular weight is 444 g/mol. The van der Waals surface area contributed by atoms with Gasteiger partial charge in [-0.2, -0.15) is 0 Å². The predicted molar refractivity (Wildman–Crippen MR) is 90.6 cm³/mol. The molecule has 0 aliphatic carbocycles. The van der Waals surface area contributed by atoms with Crippen LogP contribution in [0.4, 0.5) is 5.69 Å². The molecule has 0 atom stereocenters. The second kappa shape index (κ2) is 6.68. The lowest BCUT2D eigenvalue weighted by Gasteiger charge is -2.11. The number of hydrogen-bond acceptors (Lipinski definition) is 1. The summed E-state index contributed by atoms with van der Waals surface area (Å²) in [7, 11) is 0. The molecule has 2 rings (SSSR count). The van der Waals surface area contributed by atoms with E-state index in [1.54, 1.807) is 12.1 Å². The van der Waals surface area contributed by atoms with E-state index in [2.05, 4.69) is 37.2 Å². The van der Waals surface area contributed by atoms with Gasteiger partial charge in [-0.05, 0) is 45.8 Å². The van der Waals surface area contributed by atoms with Crippen molar-refractivity contribution < 1.29 is 0 Å². The monoisotopic (exact) mass is 441 g/mol. The molecule has 0 heterocycles. The first-order valence-corrected chi connectivity index (χ1v) is 8.01.